The second-order valence-electron chi connectivity index (χ2n) is 6.33. The largest absolute Gasteiger partial charge is 0.370 e. The third kappa shape index (κ3) is 2.94. The molecule has 0 radical (unpaired) electrons. The highest BCUT2D eigenvalue weighted by Crippen LogP contribution is 2.36. The number of hydrogen-bond acceptors (Lipinski definition) is 1. The maximum absolute atomic E-state index is 13.2. The van der Waals surface area contributed by atoms with Gasteiger partial charge in [0.05, 0.1) is 6.04 Å². The molecular formula is C21H22FN. The van der Waals surface area contributed by atoms with Crippen molar-refractivity contribution in [2.45, 2.75) is 26.8 Å². The smallest absolute Gasteiger partial charge is 0.123 e. The van der Waals surface area contributed by atoms with E-state index >= 15 is 0 Å². The topological polar surface area (TPSA) is 3.24 Å². The Bertz CT molecular complexity index is 784. The summed E-state index contributed by atoms with van der Waals surface area (Å²) in [6.07, 6.45) is 4.29. The molecule has 0 amide bonds. The van der Waals surface area contributed by atoms with Crippen LogP contribution in [0.15, 0.2) is 65.9 Å². The van der Waals surface area contributed by atoms with E-state index in [-0.39, 0.29) is 11.9 Å². The Morgan fingerprint density at radius 2 is 1.57 bits per heavy atom. The highest BCUT2D eigenvalue weighted by atomic mass is 19.1. The maximum Gasteiger partial charge on any atom is 0.123 e. The Balaban J connectivity index is 2.08. The molecule has 2 heteroatoms. The van der Waals surface area contributed by atoms with Gasteiger partial charge in [0.15, 0.2) is 0 Å². The van der Waals surface area contributed by atoms with E-state index in [1.54, 1.807) is 0 Å². The second-order valence-corrected chi connectivity index (χ2v) is 6.33. The minimum absolute atomic E-state index is 0.201. The normalized spacial score (nSPS) is 17.8. The van der Waals surface area contributed by atoms with Crippen LogP contribution in [0, 0.1) is 12.7 Å². The number of benzene rings is 2. The third-order valence-electron chi connectivity index (χ3n) is 4.75. The highest BCUT2D eigenvalue weighted by Gasteiger charge is 2.22. The molecule has 1 aliphatic rings. The van der Waals surface area contributed by atoms with Crippen molar-refractivity contribution in [3.63, 3.8) is 0 Å². The molecule has 2 aromatic carbocycles. The maximum atomic E-state index is 13.2. The van der Waals surface area contributed by atoms with Crippen LogP contribution in [0.25, 0.3) is 11.1 Å². The first-order valence-corrected chi connectivity index (χ1v) is 7.91. The van der Waals surface area contributed by atoms with Crippen molar-refractivity contribution in [3.8, 4) is 11.1 Å². The van der Waals surface area contributed by atoms with E-state index in [1.807, 2.05) is 12.1 Å². The summed E-state index contributed by atoms with van der Waals surface area (Å²) in [5.74, 6) is -0.201. The monoisotopic (exact) mass is 307 g/mol. The van der Waals surface area contributed by atoms with E-state index < -0.39 is 0 Å². The molecule has 0 saturated carbocycles. The fourth-order valence-electron chi connectivity index (χ4n) is 3.18. The lowest BCUT2D eigenvalue weighted by Gasteiger charge is -2.33. The molecule has 1 aliphatic heterocycles. The molecule has 0 bridgehead atoms. The molecule has 3 rings (SSSR count). The number of hydrogen-bond donors (Lipinski definition) is 0. The van der Waals surface area contributed by atoms with Gasteiger partial charge in [0, 0.05) is 7.05 Å². The Kier molecular flexibility index (Phi) is 4.08. The first kappa shape index (κ1) is 15.5. The van der Waals surface area contributed by atoms with Crippen molar-refractivity contribution in [2.75, 3.05) is 7.05 Å². The van der Waals surface area contributed by atoms with Crippen LogP contribution in [0.1, 0.15) is 31.0 Å². The predicted octanol–water partition coefficient (Wildman–Crippen LogP) is 5.64. The van der Waals surface area contributed by atoms with Crippen LogP contribution in [0.2, 0.25) is 0 Å². The van der Waals surface area contributed by atoms with Gasteiger partial charge in [-0.25, -0.2) is 4.39 Å². The van der Waals surface area contributed by atoms with Gasteiger partial charge in [-0.3, -0.25) is 0 Å². The summed E-state index contributed by atoms with van der Waals surface area (Å²) in [6.45, 7) is 6.51. The van der Waals surface area contributed by atoms with Crippen molar-refractivity contribution in [1.29, 1.82) is 0 Å². The second kappa shape index (κ2) is 6.04. The van der Waals surface area contributed by atoms with Crippen LogP contribution in [-0.2, 0) is 0 Å². The lowest BCUT2D eigenvalue weighted by molar-refractivity contribution is 0.369. The minimum atomic E-state index is -0.201. The zero-order chi connectivity index (χ0) is 16.6. The van der Waals surface area contributed by atoms with Gasteiger partial charge in [0.25, 0.3) is 0 Å². The summed E-state index contributed by atoms with van der Waals surface area (Å²) >= 11 is 0. The SMILES string of the molecule is CC1=C(C)C(c2cc(-c3ccc(F)cc3)ccc2C)N(C)C=C1. The standard InChI is InChI=1S/C21H22FN/c1-14-11-12-23(4)21(16(14)3)20-13-18(6-5-15(20)2)17-7-9-19(22)10-8-17/h5-13,21H,1-4H3. The molecule has 0 spiro atoms. The molecule has 1 atom stereocenters. The Hall–Kier alpha value is -2.35. The van der Waals surface area contributed by atoms with E-state index in [2.05, 4.69) is 63.2 Å². The molecule has 1 nitrogen and oxygen atoms in total. The van der Waals surface area contributed by atoms with Gasteiger partial charge in [-0.15, -0.1) is 0 Å². The van der Waals surface area contributed by atoms with E-state index in [1.165, 1.54) is 34.4 Å². The van der Waals surface area contributed by atoms with Gasteiger partial charge >= 0.3 is 0 Å². The fraction of sp³-hybridized carbons (Fsp3) is 0.238. The van der Waals surface area contributed by atoms with E-state index in [9.17, 15) is 4.39 Å². The Labute approximate surface area is 137 Å². The molecule has 0 saturated heterocycles. The average Bonchev–Trinajstić information content (AvgIpc) is 2.54. The van der Waals surface area contributed by atoms with Crippen molar-refractivity contribution in [1.82, 2.24) is 4.90 Å². The third-order valence-corrected chi connectivity index (χ3v) is 4.75. The molecule has 0 aromatic heterocycles. The molecule has 1 heterocycles. The summed E-state index contributed by atoms with van der Waals surface area (Å²) in [5.41, 5.74) is 7.43. The van der Waals surface area contributed by atoms with Gasteiger partial charge in [0.1, 0.15) is 5.82 Å². The van der Waals surface area contributed by atoms with Gasteiger partial charge in [-0.2, -0.15) is 0 Å². The number of aryl methyl sites for hydroxylation is 1. The Morgan fingerprint density at radius 1 is 0.913 bits per heavy atom. The van der Waals surface area contributed by atoms with Crippen LogP contribution < -0.4 is 0 Å². The summed E-state index contributed by atoms with van der Waals surface area (Å²) < 4.78 is 13.2. The quantitative estimate of drug-likeness (QED) is 0.694. The summed E-state index contributed by atoms with van der Waals surface area (Å²) in [5, 5.41) is 0. The van der Waals surface area contributed by atoms with E-state index in [4.69, 9.17) is 0 Å². The van der Waals surface area contributed by atoms with E-state index in [0.717, 1.165) is 11.1 Å². The number of likely N-dealkylation sites (N-methyl/N-ethyl adjacent to an activating group) is 1. The van der Waals surface area contributed by atoms with Gasteiger partial charge in [0.2, 0.25) is 0 Å². The number of rotatable bonds is 2. The average molecular weight is 307 g/mol. The molecule has 1 unspecified atom stereocenters. The summed E-state index contributed by atoms with van der Waals surface area (Å²) in [7, 11) is 2.11. The van der Waals surface area contributed by atoms with Crippen LogP contribution in [-0.4, -0.2) is 11.9 Å². The molecule has 23 heavy (non-hydrogen) atoms. The first-order chi connectivity index (χ1) is 11.0. The zero-order valence-electron chi connectivity index (χ0n) is 14.1. The summed E-state index contributed by atoms with van der Waals surface area (Å²) in [6, 6.07) is 13.4. The van der Waals surface area contributed by atoms with Crippen LogP contribution in [0.3, 0.4) is 0 Å². The molecule has 0 N–H and O–H groups in total. The lowest BCUT2D eigenvalue weighted by atomic mass is 9.88. The molecular weight excluding hydrogens is 285 g/mol. The fourth-order valence-corrected chi connectivity index (χ4v) is 3.18. The molecule has 118 valence electrons. The molecule has 0 fully saturated rings. The van der Waals surface area contributed by atoms with Crippen molar-refractivity contribution >= 4 is 0 Å². The van der Waals surface area contributed by atoms with Gasteiger partial charge in [-0.1, -0.05) is 24.3 Å². The minimum Gasteiger partial charge on any atom is -0.370 e. The zero-order valence-corrected chi connectivity index (χ0v) is 14.1. The molecule has 0 aliphatic carbocycles. The van der Waals surface area contributed by atoms with Crippen molar-refractivity contribution in [2.24, 2.45) is 0 Å². The molecule has 2 aromatic rings. The van der Waals surface area contributed by atoms with Gasteiger partial charge in [-0.05, 0) is 84.6 Å². The number of allylic oxidation sites excluding steroid dienone is 2. The van der Waals surface area contributed by atoms with Crippen LogP contribution >= 0.6 is 0 Å². The lowest BCUT2D eigenvalue weighted by Crippen LogP contribution is -2.24. The van der Waals surface area contributed by atoms with Crippen LogP contribution in [0.4, 0.5) is 4.39 Å². The van der Waals surface area contributed by atoms with Crippen molar-refractivity contribution in [3.05, 3.63) is 82.8 Å². The van der Waals surface area contributed by atoms with E-state index in [0.29, 0.717) is 0 Å². The van der Waals surface area contributed by atoms with Crippen LogP contribution in [0.5, 0.6) is 0 Å². The van der Waals surface area contributed by atoms with Crippen molar-refractivity contribution < 1.29 is 4.39 Å². The number of nitrogens with zero attached hydrogens (tertiary/aromatic N) is 1. The predicted molar refractivity (Wildman–Crippen MR) is 94.6 cm³/mol. The number of halogens is 1. The first-order valence-electron chi connectivity index (χ1n) is 7.91. The summed E-state index contributed by atoms with van der Waals surface area (Å²) in [4.78, 5) is 2.25. The Morgan fingerprint density at radius 3 is 2.26 bits per heavy atom. The highest BCUT2D eigenvalue weighted by molar-refractivity contribution is 5.65. The van der Waals surface area contributed by atoms with Gasteiger partial charge < -0.3 is 4.90 Å².